The first-order valence-corrected chi connectivity index (χ1v) is 10.6. The summed E-state index contributed by atoms with van der Waals surface area (Å²) in [4.78, 5) is 2.68. The number of rotatable bonds is 6. The summed E-state index contributed by atoms with van der Waals surface area (Å²) in [6, 6.07) is 7.06. The molecule has 0 bridgehead atoms. The van der Waals surface area contributed by atoms with Gasteiger partial charge in [0, 0.05) is 49.9 Å². The summed E-state index contributed by atoms with van der Waals surface area (Å²) >= 11 is 0. The fourth-order valence-electron chi connectivity index (χ4n) is 4.43. The molecule has 3 aliphatic rings. The van der Waals surface area contributed by atoms with E-state index in [2.05, 4.69) is 28.5 Å². The van der Waals surface area contributed by atoms with Gasteiger partial charge in [0.15, 0.2) is 11.5 Å². The Balaban J connectivity index is 1.25. The Morgan fingerprint density at radius 1 is 1.14 bits per heavy atom. The van der Waals surface area contributed by atoms with Crippen LogP contribution in [0.2, 0.25) is 0 Å². The molecule has 6 nitrogen and oxygen atoms in total. The predicted octanol–water partition coefficient (Wildman–Crippen LogP) is 2.82. The normalized spacial score (nSPS) is 22.4. The van der Waals surface area contributed by atoms with Crippen molar-refractivity contribution in [1.82, 2.24) is 20.0 Å². The lowest BCUT2D eigenvalue weighted by Crippen LogP contribution is -2.27. The quantitative estimate of drug-likeness (QED) is 0.833. The maximum Gasteiger partial charge on any atom is 0.161 e. The number of aromatic nitrogens is 2. The van der Waals surface area contributed by atoms with E-state index in [4.69, 9.17) is 14.6 Å². The van der Waals surface area contributed by atoms with Gasteiger partial charge in [-0.3, -0.25) is 4.68 Å². The molecule has 1 aliphatic carbocycles. The Kier molecular flexibility index (Phi) is 4.99. The molecule has 0 spiro atoms. The number of hydrogen-bond donors (Lipinski definition) is 1. The minimum Gasteiger partial charge on any atom is -0.490 e. The molecule has 6 heteroatoms. The fourth-order valence-corrected chi connectivity index (χ4v) is 4.43. The highest BCUT2D eigenvalue weighted by Crippen LogP contribution is 2.35. The lowest BCUT2D eigenvalue weighted by atomic mass is 10.1. The van der Waals surface area contributed by atoms with Gasteiger partial charge in [-0.25, -0.2) is 0 Å². The third kappa shape index (κ3) is 3.89. The number of ether oxygens (including phenoxy) is 2. The Bertz CT molecular complexity index is 830. The van der Waals surface area contributed by atoms with Crippen molar-refractivity contribution in [2.45, 2.75) is 38.3 Å². The summed E-state index contributed by atoms with van der Waals surface area (Å²) in [5, 5.41) is 8.40. The first kappa shape index (κ1) is 18.0. The van der Waals surface area contributed by atoms with Crippen LogP contribution >= 0.6 is 0 Å². The standard InChI is InChI=1S/C22H30N4O2/c1-25-15-18(13-23-12-16-7-8-26(14-16)19-4-5-19)22(24-25)17-3-6-20-21(11-17)28-10-2-9-27-20/h3,6,11,15-16,19,23H,2,4-5,7-10,12-14H2,1H3. The highest BCUT2D eigenvalue weighted by molar-refractivity contribution is 5.66. The number of nitrogens with one attached hydrogen (secondary N) is 1. The van der Waals surface area contributed by atoms with Gasteiger partial charge in [-0.15, -0.1) is 0 Å². The molecule has 2 aromatic rings. The van der Waals surface area contributed by atoms with E-state index in [0.717, 1.165) is 54.2 Å². The van der Waals surface area contributed by atoms with Crippen LogP contribution in [0, 0.1) is 5.92 Å². The third-order valence-corrected chi connectivity index (χ3v) is 6.05. The van der Waals surface area contributed by atoms with Crippen molar-refractivity contribution >= 4 is 0 Å². The van der Waals surface area contributed by atoms with Crippen LogP contribution in [-0.2, 0) is 13.6 Å². The van der Waals surface area contributed by atoms with E-state index in [1.807, 2.05) is 17.8 Å². The van der Waals surface area contributed by atoms with Crippen molar-refractivity contribution in [2.75, 3.05) is 32.8 Å². The van der Waals surface area contributed by atoms with Crippen LogP contribution in [-0.4, -0.2) is 53.6 Å². The first-order chi connectivity index (χ1) is 13.8. The molecule has 3 heterocycles. The van der Waals surface area contributed by atoms with E-state index in [-0.39, 0.29) is 0 Å². The van der Waals surface area contributed by atoms with Crippen LogP contribution < -0.4 is 14.8 Å². The van der Waals surface area contributed by atoms with Gasteiger partial charge in [-0.05, 0) is 56.5 Å². The molecule has 0 amide bonds. The van der Waals surface area contributed by atoms with Crippen LogP contribution in [0.3, 0.4) is 0 Å². The molecule has 2 fully saturated rings. The topological polar surface area (TPSA) is 51.6 Å². The van der Waals surface area contributed by atoms with Gasteiger partial charge in [0.1, 0.15) is 0 Å². The molecule has 28 heavy (non-hydrogen) atoms. The summed E-state index contributed by atoms with van der Waals surface area (Å²) in [5.74, 6) is 2.43. The average Bonchev–Trinajstić information content (AvgIpc) is 3.40. The third-order valence-electron chi connectivity index (χ3n) is 6.05. The largest absolute Gasteiger partial charge is 0.490 e. The number of fused-ring (bicyclic) bond motifs is 1. The van der Waals surface area contributed by atoms with E-state index in [9.17, 15) is 0 Å². The van der Waals surface area contributed by atoms with Crippen molar-refractivity contribution in [1.29, 1.82) is 0 Å². The first-order valence-electron chi connectivity index (χ1n) is 10.6. The minimum absolute atomic E-state index is 0.701. The highest BCUT2D eigenvalue weighted by atomic mass is 16.5. The molecule has 1 saturated carbocycles. The molecule has 150 valence electrons. The van der Waals surface area contributed by atoms with Crippen molar-refractivity contribution in [3.05, 3.63) is 30.0 Å². The van der Waals surface area contributed by atoms with Gasteiger partial charge in [-0.2, -0.15) is 5.10 Å². The summed E-state index contributed by atoms with van der Waals surface area (Å²) in [5.41, 5.74) is 3.34. The van der Waals surface area contributed by atoms with Gasteiger partial charge >= 0.3 is 0 Å². The van der Waals surface area contributed by atoms with E-state index >= 15 is 0 Å². The molecule has 0 radical (unpaired) electrons. The predicted molar refractivity (Wildman–Crippen MR) is 109 cm³/mol. The van der Waals surface area contributed by atoms with E-state index in [1.165, 1.54) is 37.9 Å². The molecule has 1 atom stereocenters. The Morgan fingerprint density at radius 3 is 2.86 bits per heavy atom. The Morgan fingerprint density at radius 2 is 2.00 bits per heavy atom. The Labute approximate surface area is 166 Å². The number of hydrogen-bond acceptors (Lipinski definition) is 5. The van der Waals surface area contributed by atoms with Gasteiger partial charge in [0.2, 0.25) is 0 Å². The van der Waals surface area contributed by atoms with Gasteiger partial charge in [0.25, 0.3) is 0 Å². The van der Waals surface area contributed by atoms with Gasteiger partial charge in [0.05, 0.1) is 18.9 Å². The van der Waals surface area contributed by atoms with Crippen LogP contribution in [0.15, 0.2) is 24.4 Å². The second-order valence-corrected chi connectivity index (χ2v) is 8.40. The molecule has 1 saturated heterocycles. The van der Waals surface area contributed by atoms with Gasteiger partial charge in [-0.1, -0.05) is 0 Å². The zero-order valence-corrected chi connectivity index (χ0v) is 16.7. The number of aryl methyl sites for hydroxylation is 1. The maximum absolute atomic E-state index is 5.86. The summed E-state index contributed by atoms with van der Waals surface area (Å²) in [7, 11) is 1.99. The monoisotopic (exact) mass is 382 g/mol. The highest BCUT2D eigenvalue weighted by Gasteiger charge is 2.34. The van der Waals surface area contributed by atoms with E-state index in [1.54, 1.807) is 0 Å². The molecule has 1 aromatic carbocycles. The molecule has 1 aromatic heterocycles. The summed E-state index contributed by atoms with van der Waals surface area (Å²) in [6.45, 7) is 5.89. The molecule has 1 N–H and O–H groups in total. The van der Waals surface area contributed by atoms with E-state index < -0.39 is 0 Å². The number of likely N-dealkylation sites (tertiary alicyclic amines) is 1. The molecule has 1 unspecified atom stereocenters. The van der Waals surface area contributed by atoms with Crippen LogP contribution in [0.5, 0.6) is 11.5 Å². The average molecular weight is 383 g/mol. The van der Waals surface area contributed by atoms with Crippen LogP contribution in [0.25, 0.3) is 11.3 Å². The molecule has 5 rings (SSSR count). The smallest absolute Gasteiger partial charge is 0.161 e. The minimum atomic E-state index is 0.701. The van der Waals surface area contributed by atoms with Crippen molar-refractivity contribution < 1.29 is 9.47 Å². The summed E-state index contributed by atoms with van der Waals surface area (Å²) < 4.78 is 13.5. The second-order valence-electron chi connectivity index (χ2n) is 8.40. The number of nitrogens with zero attached hydrogens (tertiary/aromatic N) is 3. The molecule has 2 aliphatic heterocycles. The van der Waals surface area contributed by atoms with Crippen LogP contribution in [0.4, 0.5) is 0 Å². The van der Waals surface area contributed by atoms with Gasteiger partial charge < -0.3 is 19.7 Å². The Hall–Kier alpha value is -2.05. The maximum atomic E-state index is 5.86. The van der Waals surface area contributed by atoms with Crippen molar-refractivity contribution in [2.24, 2.45) is 13.0 Å². The summed E-state index contributed by atoms with van der Waals surface area (Å²) in [6.07, 6.45) is 7.19. The van der Waals surface area contributed by atoms with Crippen molar-refractivity contribution in [3.63, 3.8) is 0 Å². The second kappa shape index (κ2) is 7.76. The van der Waals surface area contributed by atoms with Crippen LogP contribution in [0.1, 0.15) is 31.2 Å². The fraction of sp³-hybridized carbons (Fsp3) is 0.591. The molecular formula is C22H30N4O2. The lowest BCUT2D eigenvalue weighted by molar-refractivity contribution is 0.297. The SMILES string of the molecule is Cn1cc(CNCC2CCN(C3CC3)C2)c(-c2ccc3c(c2)OCCCO3)n1. The zero-order chi connectivity index (χ0) is 18.9. The van der Waals surface area contributed by atoms with E-state index in [0.29, 0.717) is 13.2 Å². The lowest BCUT2D eigenvalue weighted by Gasteiger charge is -2.15. The van der Waals surface area contributed by atoms with Crippen molar-refractivity contribution in [3.8, 4) is 22.8 Å². The molecular weight excluding hydrogens is 352 g/mol. The zero-order valence-electron chi connectivity index (χ0n) is 16.7. The number of benzene rings is 1.